The van der Waals surface area contributed by atoms with Gasteiger partial charge in [-0.1, -0.05) is 17.7 Å². The molecule has 0 heterocycles. The summed E-state index contributed by atoms with van der Waals surface area (Å²) in [6, 6.07) is 8.09. The number of carbonyl (C=O) groups is 1. The van der Waals surface area contributed by atoms with E-state index in [1.165, 1.54) is 0 Å². The summed E-state index contributed by atoms with van der Waals surface area (Å²) in [7, 11) is 1.99. The molecule has 4 heteroatoms. The second kappa shape index (κ2) is 6.68. The molecule has 1 aliphatic carbocycles. The number of amides is 1. The van der Waals surface area contributed by atoms with Crippen LogP contribution in [0, 0.1) is 6.92 Å². The maximum Gasteiger partial charge on any atom is 0.274 e. The third kappa shape index (κ3) is 4.04. The van der Waals surface area contributed by atoms with E-state index >= 15 is 0 Å². The van der Waals surface area contributed by atoms with Gasteiger partial charge < -0.3 is 5.32 Å². The lowest BCUT2D eigenvalue weighted by atomic mass is 9.93. The highest BCUT2D eigenvalue weighted by atomic mass is 16.7. The molecule has 104 valence electrons. The van der Waals surface area contributed by atoms with Gasteiger partial charge in [0.1, 0.15) is 0 Å². The molecule has 4 nitrogen and oxygen atoms in total. The molecule has 0 spiro atoms. The summed E-state index contributed by atoms with van der Waals surface area (Å²) in [5.74, 6) is -0.167. The van der Waals surface area contributed by atoms with Gasteiger partial charge in [0.2, 0.25) is 0 Å². The van der Waals surface area contributed by atoms with Crippen LogP contribution < -0.4 is 10.8 Å². The Hall–Kier alpha value is -1.39. The van der Waals surface area contributed by atoms with Crippen molar-refractivity contribution in [2.24, 2.45) is 0 Å². The SMILES string of the molecule is CNC1CCC(ONC(=O)c2cccc(C)c2)CC1. The summed E-state index contributed by atoms with van der Waals surface area (Å²) in [5, 5.41) is 3.28. The molecular weight excluding hydrogens is 240 g/mol. The van der Waals surface area contributed by atoms with Crippen LogP contribution in [0.25, 0.3) is 0 Å². The normalized spacial score (nSPS) is 23.1. The first-order valence-corrected chi connectivity index (χ1v) is 6.89. The zero-order valence-corrected chi connectivity index (χ0v) is 11.6. The summed E-state index contributed by atoms with van der Waals surface area (Å²) in [4.78, 5) is 17.4. The van der Waals surface area contributed by atoms with E-state index in [0.29, 0.717) is 11.6 Å². The smallest absolute Gasteiger partial charge is 0.274 e. The Balaban J connectivity index is 1.78. The first-order chi connectivity index (χ1) is 9.19. The quantitative estimate of drug-likeness (QED) is 0.818. The van der Waals surface area contributed by atoms with Gasteiger partial charge in [-0.05, 0) is 51.8 Å². The minimum atomic E-state index is -0.167. The molecule has 0 saturated heterocycles. The number of nitrogens with one attached hydrogen (secondary N) is 2. The van der Waals surface area contributed by atoms with Crippen LogP contribution in [0.1, 0.15) is 41.6 Å². The average Bonchev–Trinajstić information content (AvgIpc) is 2.45. The Labute approximate surface area is 114 Å². The third-order valence-electron chi connectivity index (χ3n) is 3.68. The Morgan fingerprint density at radius 2 is 2.00 bits per heavy atom. The van der Waals surface area contributed by atoms with Crippen molar-refractivity contribution in [3.05, 3.63) is 35.4 Å². The maximum atomic E-state index is 11.9. The predicted molar refractivity (Wildman–Crippen MR) is 74.8 cm³/mol. The van der Waals surface area contributed by atoms with Gasteiger partial charge in [-0.25, -0.2) is 5.48 Å². The summed E-state index contributed by atoms with van der Waals surface area (Å²) in [6.45, 7) is 1.97. The van der Waals surface area contributed by atoms with Crippen molar-refractivity contribution >= 4 is 5.91 Å². The number of rotatable bonds is 4. The van der Waals surface area contributed by atoms with Gasteiger partial charge in [-0.2, -0.15) is 0 Å². The molecule has 1 saturated carbocycles. The molecule has 0 aromatic heterocycles. The number of benzene rings is 1. The lowest BCUT2D eigenvalue weighted by molar-refractivity contribution is -0.0342. The highest BCUT2D eigenvalue weighted by molar-refractivity contribution is 5.93. The number of hydrogen-bond donors (Lipinski definition) is 2. The minimum absolute atomic E-state index is 0.137. The molecule has 2 N–H and O–H groups in total. The van der Waals surface area contributed by atoms with Crippen molar-refractivity contribution in [1.29, 1.82) is 0 Å². The Bertz CT molecular complexity index is 426. The summed E-state index contributed by atoms with van der Waals surface area (Å²) in [5.41, 5.74) is 4.28. The zero-order valence-electron chi connectivity index (χ0n) is 11.6. The highest BCUT2D eigenvalue weighted by Gasteiger charge is 2.21. The van der Waals surface area contributed by atoms with Gasteiger partial charge in [-0.3, -0.25) is 9.63 Å². The lowest BCUT2D eigenvalue weighted by Gasteiger charge is -2.27. The van der Waals surface area contributed by atoms with Crippen molar-refractivity contribution < 1.29 is 9.63 Å². The highest BCUT2D eigenvalue weighted by Crippen LogP contribution is 2.20. The molecule has 0 unspecified atom stereocenters. The number of carbonyl (C=O) groups excluding carboxylic acids is 1. The lowest BCUT2D eigenvalue weighted by Crippen LogP contribution is -2.36. The summed E-state index contributed by atoms with van der Waals surface area (Å²) < 4.78 is 0. The van der Waals surface area contributed by atoms with E-state index in [9.17, 15) is 4.79 Å². The van der Waals surface area contributed by atoms with E-state index in [4.69, 9.17) is 4.84 Å². The largest absolute Gasteiger partial charge is 0.317 e. The van der Waals surface area contributed by atoms with Crippen LogP contribution in [0.5, 0.6) is 0 Å². The molecule has 1 amide bonds. The topological polar surface area (TPSA) is 50.4 Å². The zero-order chi connectivity index (χ0) is 13.7. The molecule has 1 aliphatic rings. The molecular formula is C15H22N2O2. The summed E-state index contributed by atoms with van der Waals surface area (Å²) in [6.07, 6.45) is 4.31. The standard InChI is InChI=1S/C15H22N2O2/c1-11-4-3-5-12(10-11)15(18)17-19-14-8-6-13(16-2)7-9-14/h3-5,10,13-14,16H,6-9H2,1-2H3,(H,17,18). The van der Waals surface area contributed by atoms with Crippen LogP contribution in [0.4, 0.5) is 0 Å². The number of hydroxylamine groups is 1. The number of aryl methyl sites for hydroxylation is 1. The first kappa shape index (κ1) is 14.0. The fourth-order valence-electron chi connectivity index (χ4n) is 2.45. The van der Waals surface area contributed by atoms with Gasteiger partial charge in [-0.15, -0.1) is 0 Å². The van der Waals surface area contributed by atoms with E-state index in [1.807, 2.05) is 32.2 Å². The molecule has 0 radical (unpaired) electrons. The van der Waals surface area contributed by atoms with E-state index in [0.717, 1.165) is 31.2 Å². The molecule has 2 rings (SSSR count). The Kier molecular flexibility index (Phi) is 4.93. The van der Waals surface area contributed by atoms with Crippen molar-refractivity contribution in [3.8, 4) is 0 Å². The van der Waals surface area contributed by atoms with E-state index < -0.39 is 0 Å². The van der Waals surface area contributed by atoms with Gasteiger partial charge >= 0.3 is 0 Å². The van der Waals surface area contributed by atoms with Crippen LogP contribution >= 0.6 is 0 Å². The Morgan fingerprint density at radius 3 is 2.63 bits per heavy atom. The van der Waals surface area contributed by atoms with Gasteiger partial charge in [0.05, 0.1) is 6.10 Å². The van der Waals surface area contributed by atoms with E-state index in [-0.39, 0.29) is 12.0 Å². The van der Waals surface area contributed by atoms with Crippen LogP contribution in [0.15, 0.2) is 24.3 Å². The van der Waals surface area contributed by atoms with Crippen LogP contribution in [0.3, 0.4) is 0 Å². The molecule has 0 aliphatic heterocycles. The minimum Gasteiger partial charge on any atom is -0.317 e. The van der Waals surface area contributed by atoms with E-state index in [2.05, 4.69) is 10.8 Å². The molecule has 1 fully saturated rings. The van der Waals surface area contributed by atoms with Crippen LogP contribution in [-0.4, -0.2) is 25.1 Å². The molecule has 19 heavy (non-hydrogen) atoms. The van der Waals surface area contributed by atoms with Crippen LogP contribution in [0.2, 0.25) is 0 Å². The fraction of sp³-hybridized carbons (Fsp3) is 0.533. The van der Waals surface area contributed by atoms with Crippen molar-refractivity contribution in [2.75, 3.05) is 7.05 Å². The molecule has 1 aromatic carbocycles. The second-order valence-corrected chi connectivity index (χ2v) is 5.18. The van der Waals surface area contributed by atoms with Crippen molar-refractivity contribution in [2.45, 2.75) is 44.8 Å². The van der Waals surface area contributed by atoms with Gasteiger partial charge in [0.25, 0.3) is 5.91 Å². The average molecular weight is 262 g/mol. The van der Waals surface area contributed by atoms with E-state index in [1.54, 1.807) is 6.07 Å². The first-order valence-electron chi connectivity index (χ1n) is 6.89. The third-order valence-corrected chi connectivity index (χ3v) is 3.68. The number of hydrogen-bond acceptors (Lipinski definition) is 3. The molecule has 0 bridgehead atoms. The van der Waals surface area contributed by atoms with Crippen molar-refractivity contribution in [3.63, 3.8) is 0 Å². The van der Waals surface area contributed by atoms with Crippen LogP contribution in [-0.2, 0) is 4.84 Å². The second-order valence-electron chi connectivity index (χ2n) is 5.18. The summed E-state index contributed by atoms with van der Waals surface area (Å²) >= 11 is 0. The predicted octanol–water partition coefficient (Wildman–Crippen LogP) is 2.19. The van der Waals surface area contributed by atoms with Gasteiger partial charge in [0, 0.05) is 11.6 Å². The fourth-order valence-corrected chi connectivity index (χ4v) is 2.45. The molecule has 1 aromatic rings. The van der Waals surface area contributed by atoms with Crippen molar-refractivity contribution in [1.82, 2.24) is 10.8 Å². The van der Waals surface area contributed by atoms with Gasteiger partial charge in [0.15, 0.2) is 0 Å². The molecule has 0 atom stereocenters. The monoisotopic (exact) mass is 262 g/mol. The Morgan fingerprint density at radius 1 is 1.26 bits per heavy atom. The maximum absolute atomic E-state index is 11.9.